The number of hydrogen-bond acceptors (Lipinski definition) is 9. The standard InChI is InChI=1S/C29H31N5O6S.Na.H/c1-29(2,3)40-28(35)31-15-8-16-39-25-12-7-6-11-22(25)23-14-13-19(18-32-23)33-34-24-17-26(41(36,37)38)20-9-4-5-10-21(20)27(24)30;;/h4-7,9-14,17-18H,8,15-16,30H2,1-3H3,(H,31,35)(H,36,37,38);;/b34-33+;;. The van der Waals surface area contributed by atoms with E-state index in [4.69, 9.17) is 15.2 Å². The van der Waals surface area contributed by atoms with E-state index >= 15 is 0 Å². The second-order valence-electron chi connectivity index (χ2n) is 10.1. The van der Waals surface area contributed by atoms with Crippen molar-refractivity contribution >= 4 is 73.6 Å². The number of nitrogens with one attached hydrogen (secondary N) is 1. The van der Waals surface area contributed by atoms with Crippen LogP contribution < -0.4 is 15.8 Å². The molecule has 1 heterocycles. The molecule has 0 saturated carbocycles. The van der Waals surface area contributed by atoms with Crippen LogP contribution in [-0.4, -0.2) is 72.4 Å². The molecule has 1 aromatic heterocycles. The Labute approximate surface area is 266 Å². The van der Waals surface area contributed by atoms with Gasteiger partial charge in [0.25, 0.3) is 10.1 Å². The first kappa shape index (κ1) is 33.0. The van der Waals surface area contributed by atoms with E-state index in [9.17, 15) is 17.8 Å². The van der Waals surface area contributed by atoms with Crippen molar-refractivity contribution in [3.63, 3.8) is 0 Å². The quantitative estimate of drug-likeness (QED) is 0.0713. The van der Waals surface area contributed by atoms with Gasteiger partial charge >= 0.3 is 35.7 Å². The van der Waals surface area contributed by atoms with Crippen LogP contribution in [0.2, 0.25) is 0 Å². The molecule has 4 rings (SSSR count). The summed E-state index contributed by atoms with van der Waals surface area (Å²) in [5, 5.41) is 11.7. The Balaban J connectivity index is 0.00000484. The van der Waals surface area contributed by atoms with Crippen LogP contribution in [0.1, 0.15) is 27.2 Å². The molecule has 11 nitrogen and oxygen atoms in total. The number of alkyl carbamates (subject to hydrolysis) is 1. The van der Waals surface area contributed by atoms with Crippen LogP contribution in [0.4, 0.5) is 21.9 Å². The summed E-state index contributed by atoms with van der Waals surface area (Å²) in [4.78, 5) is 15.9. The zero-order valence-corrected chi connectivity index (χ0v) is 23.7. The molecule has 0 atom stereocenters. The molecule has 1 amide bonds. The molecule has 0 unspecified atom stereocenters. The van der Waals surface area contributed by atoms with E-state index < -0.39 is 21.8 Å². The van der Waals surface area contributed by atoms with E-state index in [2.05, 4.69) is 20.5 Å². The number of benzene rings is 3. The number of rotatable bonds is 9. The van der Waals surface area contributed by atoms with Gasteiger partial charge in [-0.25, -0.2) is 4.79 Å². The third-order valence-electron chi connectivity index (χ3n) is 5.74. The van der Waals surface area contributed by atoms with Crippen molar-refractivity contribution in [1.29, 1.82) is 0 Å². The number of fused-ring (bicyclic) bond motifs is 1. The first-order valence-corrected chi connectivity index (χ1v) is 14.2. The van der Waals surface area contributed by atoms with Gasteiger partial charge in [0.2, 0.25) is 0 Å². The predicted molar refractivity (Wildman–Crippen MR) is 164 cm³/mol. The van der Waals surface area contributed by atoms with Crippen molar-refractivity contribution in [1.82, 2.24) is 10.3 Å². The number of nitrogens with two attached hydrogens (primary N) is 1. The molecular formula is C29H32N5NaO6S. The minimum absolute atomic E-state index is 0. The van der Waals surface area contributed by atoms with Crippen molar-refractivity contribution in [2.24, 2.45) is 10.2 Å². The second-order valence-corrected chi connectivity index (χ2v) is 11.4. The monoisotopic (exact) mass is 601 g/mol. The Morgan fingerprint density at radius 3 is 2.38 bits per heavy atom. The van der Waals surface area contributed by atoms with E-state index in [0.717, 1.165) is 5.56 Å². The molecule has 0 spiro atoms. The van der Waals surface area contributed by atoms with Crippen molar-refractivity contribution in [3.05, 3.63) is 72.9 Å². The third kappa shape index (κ3) is 8.73. The van der Waals surface area contributed by atoms with Crippen molar-refractivity contribution in [2.75, 3.05) is 18.9 Å². The van der Waals surface area contributed by atoms with E-state index in [1.807, 2.05) is 24.3 Å². The van der Waals surface area contributed by atoms with Gasteiger partial charge in [-0.05, 0) is 57.5 Å². The molecule has 0 aliphatic heterocycles. The molecule has 4 aromatic rings. The first-order chi connectivity index (χ1) is 19.4. The van der Waals surface area contributed by atoms with Gasteiger partial charge in [-0.1, -0.05) is 36.4 Å². The Hall–Kier alpha value is -3.55. The van der Waals surface area contributed by atoms with Gasteiger partial charge in [-0.3, -0.25) is 9.54 Å². The number of anilines is 1. The Morgan fingerprint density at radius 1 is 1.02 bits per heavy atom. The number of amides is 1. The predicted octanol–water partition coefficient (Wildman–Crippen LogP) is 5.79. The number of carbonyl (C=O) groups excluding carboxylic acids is 1. The summed E-state index contributed by atoms with van der Waals surface area (Å²) in [6.45, 7) is 6.19. The van der Waals surface area contributed by atoms with Crippen molar-refractivity contribution in [3.8, 4) is 17.0 Å². The van der Waals surface area contributed by atoms with Gasteiger partial charge in [-0.15, -0.1) is 10.2 Å². The molecule has 13 heteroatoms. The fraction of sp³-hybridized carbons (Fsp3) is 0.241. The molecule has 216 valence electrons. The van der Waals surface area contributed by atoms with Gasteiger partial charge in [0.05, 0.1) is 24.2 Å². The average Bonchev–Trinajstić information content (AvgIpc) is 2.91. The van der Waals surface area contributed by atoms with Crippen LogP contribution in [0.15, 0.2) is 88.1 Å². The normalized spacial score (nSPS) is 11.7. The number of azo groups is 1. The molecule has 0 saturated heterocycles. The fourth-order valence-electron chi connectivity index (χ4n) is 3.93. The minimum atomic E-state index is -4.52. The molecule has 4 N–H and O–H groups in total. The van der Waals surface area contributed by atoms with Gasteiger partial charge in [0, 0.05) is 22.9 Å². The van der Waals surface area contributed by atoms with Crippen LogP contribution in [0, 0.1) is 0 Å². The summed E-state index contributed by atoms with van der Waals surface area (Å²) in [7, 11) is -4.52. The van der Waals surface area contributed by atoms with Crippen LogP contribution in [0.25, 0.3) is 22.0 Å². The molecule has 0 bridgehead atoms. The molecular weight excluding hydrogens is 569 g/mol. The van der Waals surface area contributed by atoms with Crippen LogP contribution >= 0.6 is 0 Å². The number of hydrogen-bond donors (Lipinski definition) is 3. The Kier molecular flexibility index (Phi) is 11.0. The summed E-state index contributed by atoms with van der Waals surface area (Å²) in [6, 6.07) is 18.7. The average molecular weight is 602 g/mol. The fourth-order valence-corrected chi connectivity index (χ4v) is 4.64. The van der Waals surface area contributed by atoms with E-state index in [0.29, 0.717) is 42.1 Å². The Morgan fingerprint density at radius 2 is 1.71 bits per heavy atom. The topological polar surface area (TPSA) is 166 Å². The van der Waals surface area contributed by atoms with E-state index in [-0.39, 0.29) is 51.2 Å². The Bertz CT molecular complexity index is 1690. The number of aromatic nitrogens is 1. The molecule has 42 heavy (non-hydrogen) atoms. The van der Waals surface area contributed by atoms with Crippen molar-refractivity contribution < 1.29 is 27.2 Å². The van der Waals surface area contributed by atoms with Crippen LogP contribution in [-0.2, 0) is 14.9 Å². The van der Waals surface area contributed by atoms with Gasteiger partial charge < -0.3 is 20.5 Å². The van der Waals surface area contributed by atoms with Crippen LogP contribution in [0.5, 0.6) is 5.75 Å². The number of ether oxygens (including phenoxy) is 2. The first-order valence-electron chi connectivity index (χ1n) is 12.8. The molecule has 0 aliphatic carbocycles. The summed E-state index contributed by atoms with van der Waals surface area (Å²) in [5.41, 5.74) is 7.81. The molecule has 0 fully saturated rings. The molecule has 0 aliphatic rings. The number of pyridine rings is 1. The second kappa shape index (κ2) is 14.1. The van der Waals surface area contributed by atoms with Gasteiger partial charge in [0.15, 0.2) is 0 Å². The number of nitrogens with zero attached hydrogens (tertiary/aromatic N) is 3. The van der Waals surface area contributed by atoms with Gasteiger partial charge in [0.1, 0.15) is 27.6 Å². The number of nitrogen functional groups attached to an aromatic ring is 1. The van der Waals surface area contributed by atoms with Crippen molar-refractivity contribution in [2.45, 2.75) is 37.7 Å². The number of para-hydroxylation sites is 1. The molecule has 3 aromatic carbocycles. The summed E-state index contributed by atoms with van der Waals surface area (Å²) >= 11 is 0. The SMILES string of the molecule is CC(C)(C)OC(=O)NCCCOc1ccccc1-c1ccc(/N=N/c2cc(S(=O)(=O)O)c3ccccc3c2N)cn1.[NaH]. The maximum atomic E-state index is 12.0. The molecule has 0 radical (unpaired) electrons. The zero-order chi connectivity index (χ0) is 29.6. The van der Waals surface area contributed by atoms with E-state index in [1.54, 1.807) is 57.2 Å². The maximum absolute atomic E-state index is 12.0. The van der Waals surface area contributed by atoms with Crippen LogP contribution in [0.3, 0.4) is 0 Å². The van der Waals surface area contributed by atoms with E-state index in [1.165, 1.54) is 12.3 Å². The zero-order valence-electron chi connectivity index (χ0n) is 22.9. The summed E-state index contributed by atoms with van der Waals surface area (Å²) in [5.74, 6) is 0.633. The summed E-state index contributed by atoms with van der Waals surface area (Å²) < 4.78 is 44.8. The summed E-state index contributed by atoms with van der Waals surface area (Å²) in [6.07, 6.45) is 1.63. The van der Waals surface area contributed by atoms with Gasteiger partial charge in [-0.2, -0.15) is 8.42 Å². The third-order valence-corrected chi connectivity index (χ3v) is 6.63. The number of carbonyl (C=O) groups is 1.